The Labute approximate surface area is 271 Å². The summed E-state index contributed by atoms with van der Waals surface area (Å²) in [5.41, 5.74) is 11.3. The van der Waals surface area contributed by atoms with Gasteiger partial charge in [0.05, 0.1) is 40.0 Å². The van der Waals surface area contributed by atoms with E-state index in [1.54, 1.807) is 0 Å². The molecule has 0 spiro atoms. The van der Waals surface area contributed by atoms with E-state index in [9.17, 15) is 10.5 Å². The summed E-state index contributed by atoms with van der Waals surface area (Å²) in [5.74, 6) is 0. The minimum Gasteiger partial charge on any atom is -0.309 e. The van der Waals surface area contributed by atoms with Gasteiger partial charge in [-0.05, 0) is 83.3 Å². The molecule has 0 fully saturated rings. The first-order chi connectivity index (χ1) is 22.4. The Bertz CT molecular complexity index is 2610. The number of para-hydroxylation sites is 1. The van der Waals surface area contributed by atoms with Crippen LogP contribution in [0.2, 0.25) is 0 Å². The fourth-order valence-corrected chi connectivity index (χ4v) is 8.99. The summed E-state index contributed by atoms with van der Waals surface area (Å²) in [6.45, 7) is 10.8. The van der Waals surface area contributed by atoms with Crippen LogP contribution in [0, 0.1) is 22.7 Å². The summed E-state index contributed by atoms with van der Waals surface area (Å²) in [6, 6.07) is 36.0. The molecular weight excluding hydrogens is 579 g/mol. The van der Waals surface area contributed by atoms with Crippen LogP contribution in [0.3, 0.4) is 0 Å². The van der Waals surface area contributed by atoms with Gasteiger partial charge in [0.15, 0.2) is 0 Å². The van der Waals surface area contributed by atoms with Crippen LogP contribution in [0.15, 0.2) is 121 Å². The lowest BCUT2D eigenvalue weighted by molar-refractivity contribution is 0.661. The number of hydrogen-bond donors (Lipinski definition) is 0. The van der Waals surface area contributed by atoms with Gasteiger partial charge in [-0.2, -0.15) is 10.5 Å². The molecule has 7 aromatic rings. The third-order valence-corrected chi connectivity index (χ3v) is 10.8. The van der Waals surface area contributed by atoms with Gasteiger partial charge in [-0.25, -0.2) is 0 Å². The third kappa shape index (κ3) is 3.81. The third-order valence-electron chi connectivity index (χ3n) is 9.64. The summed E-state index contributed by atoms with van der Waals surface area (Å²) in [4.78, 5) is 0. The van der Waals surface area contributed by atoms with Crippen LogP contribution in [-0.2, 0) is 5.41 Å². The minimum atomic E-state index is -0.134. The van der Waals surface area contributed by atoms with Crippen molar-refractivity contribution in [2.45, 2.75) is 26.2 Å². The smallest absolute Gasteiger partial charge is 0.0998 e. The van der Waals surface area contributed by atoms with Gasteiger partial charge in [0.2, 0.25) is 0 Å². The number of allylic oxidation sites excluding steroid dienone is 5. The highest BCUT2D eigenvalue weighted by Gasteiger charge is 2.37. The van der Waals surface area contributed by atoms with Crippen molar-refractivity contribution in [1.82, 2.24) is 4.57 Å². The molecule has 0 aliphatic heterocycles. The molecule has 1 aliphatic rings. The van der Waals surface area contributed by atoms with Gasteiger partial charge in [0.25, 0.3) is 0 Å². The molecular formula is C42H29N3S. The molecule has 2 heterocycles. The highest BCUT2D eigenvalue weighted by Crippen LogP contribution is 2.52. The van der Waals surface area contributed by atoms with Crippen LogP contribution >= 0.6 is 11.3 Å². The van der Waals surface area contributed by atoms with Crippen molar-refractivity contribution in [3.05, 3.63) is 144 Å². The summed E-state index contributed by atoms with van der Waals surface area (Å²) >= 11 is 1.85. The lowest BCUT2D eigenvalue weighted by Gasteiger charge is -2.23. The van der Waals surface area contributed by atoms with Crippen LogP contribution in [0.1, 0.15) is 43.0 Å². The predicted molar refractivity (Wildman–Crippen MR) is 193 cm³/mol. The number of thiophene rings is 1. The molecule has 0 saturated heterocycles. The summed E-state index contributed by atoms with van der Waals surface area (Å²) in [6.07, 6.45) is 6.08. The van der Waals surface area contributed by atoms with Gasteiger partial charge in [0, 0.05) is 41.9 Å². The van der Waals surface area contributed by atoms with E-state index in [0.29, 0.717) is 11.1 Å². The molecule has 0 N–H and O–H groups in total. The average molecular weight is 608 g/mol. The quantitative estimate of drug-likeness (QED) is 0.187. The first-order valence-electron chi connectivity index (χ1n) is 15.3. The maximum Gasteiger partial charge on any atom is 0.0998 e. The molecule has 0 unspecified atom stereocenters. The SMILES string of the molecule is C=C/C=C\C1=C(C)c2ccc3c(sc4ccc(-c5c(C#N)cccc5-n5c6ccccc6c6cc(C#N)ccc65)cc43)c2C1(C)C. The van der Waals surface area contributed by atoms with E-state index in [1.807, 2.05) is 66.0 Å². The molecule has 0 atom stereocenters. The first-order valence-corrected chi connectivity index (χ1v) is 16.2. The summed E-state index contributed by atoms with van der Waals surface area (Å²) in [5, 5.41) is 24.6. The topological polar surface area (TPSA) is 52.5 Å². The molecule has 0 amide bonds. The number of hydrogen-bond acceptors (Lipinski definition) is 3. The van der Waals surface area contributed by atoms with Crippen molar-refractivity contribution in [2.24, 2.45) is 0 Å². The van der Waals surface area contributed by atoms with Crippen molar-refractivity contribution in [2.75, 3.05) is 0 Å². The molecule has 0 radical (unpaired) electrons. The van der Waals surface area contributed by atoms with Crippen molar-refractivity contribution in [3.63, 3.8) is 0 Å². The van der Waals surface area contributed by atoms with Gasteiger partial charge >= 0.3 is 0 Å². The van der Waals surface area contributed by atoms with Gasteiger partial charge in [0.1, 0.15) is 0 Å². The Morgan fingerprint density at radius 3 is 2.43 bits per heavy atom. The van der Waals surface area contributed by atoms with Crippen LogP contribution in [0.4, 0.5) is 0 Å². The molecule has 8 rings (SSSR count). The van der Waals surface area contributed by atoms with E-state index < -0.39 is 0 Å². The fraction of sp³-hybridized carbons (Fsp3) is 0.0952. The number of nitriles is 2. The zero-order chi connectivity index (χ0) is 31.7. The second-order valence-corrected chi connectivity index (χ2v) is 13.5. The number of aromatic nitrogens is 1. The van der Waals surface area contributed by atoms with E-state index in [1.165, 1.54) is 42.4 Å². The van der Waals surface area contributed by atoms with Crippen LogP contribution in [-0.4, -0.2) is 4.57 Å². The molecule has 4 heteroatoms. The maximum absolute atomic E-state index is 10.4. The monoisotopic (exact) mass is 607 g/mol. The first kappa shape index (κ1) is 27.8. The zero-order valence-electron chi connectivity index (χ0n) is 25.8. The van der Waals surface area contributed by atoms with Gasteiger partial charge in [-0.1, -0.05) is 81.1 Å². The Morgan fingerprint density at radius 2 is 1.63 bits per heavy atom. The van der Waals surface area contributed by atoms with E-state index in [2.05, 4.69) is 98.7 Å². The lowest BCUT2D eigenvalue weighted by Crippen LogP contribution is -2.16. The summed E-state index contributed by atoms with van der Waals surface area (Å²) in [7, 11) is 0. The Kier molecular flexibility index (Phi) is 6.16. The van der Waals surface area contributed by atoms with Gasteiger partial charge in [-0.3, -0.25) is 0 Å². The predicted octanol–water partition coefficient (Wildman–Crippen LogP) is 11.4. The molecule has 2 aromatic heterocycles. The van der Waals surface area contributed by atoms with E-state index >= 15 is 0 Å². The lowest BCUT2D eigenvalue weighted by atomic mass is 9.80. The fourth-order valence-electron chi connectivity index (χ4n) is 7.60. The Hall–Kier alpha value is -5.68. The zero-order valence-corrected chi connectivity index (χ0v) is 26.7. The molecule has 0 bridgehead atoms. The van der Waals surface area contributed by atoms with Crippen molar-refractivity contribution in [3.8, 4) is 29.0 Å². The van der Waals surface area contributed by atoms with Crippen LogP contribution in [0.5, 0.6) is 0 Å². The molecule has 3 nitrogen and oxygen atoms in total. The number of fused-ring (bicyclic) bond motifs is 8. The van der Waals surface area contributed by atoms with E-state index in [4.69, 9.17) is 0 Å². The summed E-state index contributed by atoms with van der Waals surface area (Å²) < 4.78 is 4.79. The highest BCUT2D eigenvalue weighted by atomic mass is 32.1. The van der Waals surface area contributed by atoms with Crippen molar-refractivity contribution < 1.29 is 0 Å². The maximum atomic E-state index is 10.4. The minimum absolute atomic E-state index is 0.134. The number of nitrogens with zero attached hydrogens (tertiary/aromatic N) is 3. The number of rotatable bonds is 4. The largest absolute Gasteiger partial charge is 0.309 e. The highest BCUT2D eigenvalue weighted by molar-refractivity contribution is 7.26. The van der Waals surface area contributed by atoms with Crippen LogP contribution in [0.25, 0.3) is 64.4 Å². The Balaban J connectivity index is 1.38. The average Bonchev–Trinajstić information content (AvgIpc) is 3.67. The van der Waals surface area contributed by atoms with Gasteiger partial charge in [-0.15, -0.1) is 11.3 Å². The molecule has 0 saturated carbocycles. The number of benzene rings is 5. The second-order valence-electron chi connectivity index (χ2n) is 12.4. The standard InChI is InChI=1S/C42H29N3S/c1-5-6-12-34-25(2)29-17-18-31-33-22-27(16-20-38(33)46-41(31)40(29)42(34,3)4)39-28(24-44)10-9-14-37(39)45-35-13-8-7-11-30(35)32-21-26(23-43)15-19-36(32)45/h5-22H,1H2,2-4H3/b12-6-. The molecule has 1 aliphatic carbocycles. The van der Waals surface area contributed by atoms with Gasteiger partial charge < -0.3 is 4.57 Å². The molecule has 46 heavy (non-hydrogen) atoms. The normalized spacial score (nSPS) is 14.0. The molecule has 218 valence electrons. The van der Waals surface area contributed by atoms with Crippen molar-refractivity contribution in [1.29, 1.82) is 10.5 Å². The molecule has 5 aromatic carbocycles. The second kappa shape index (κ2) is 10.2. The Morgan fingerprint density at radius 1 is 0.804 bits per heavy atom. The van der Waals surface area contributed by atoms with Crippen LogP contribution < -0.4 is 0 Å². The van der Waals surface area contributed by atoms with E-state index in [-0.39, 0.29) is 5.41 Å². The van der Waals surface area contributed by atoms with Crippen molar-refractivity contribution >= 4 is 58.9 Å². The van der Waals surface area contributed by atoms with E-state index in [0.717, 1.165) is 38.6 Å².